The molecule has 2 aromatic carbocycles. The van der Waals surface area contributed by atoms with E-state index in [-0.39, 0.29) is 0 Å². The molecule has 128 valence electrons. The van der Waals surface area contributed by atoms with Crippen LogP contribution in [0.2, 0.25) is 0 Å². The lowest BCUT2D eigenvalue weighted by molar-refractivity contribution is 0.769. The Morgan fingerprint density at radius 3 is 2.60 bits per heavy atom. The Kier molecular flexibility index (Phi) is 4.84. The van der Waals surface area contributed by atoms with E-state index in [9.17, 15) is 0 Å². The van der Waals surface area contributed by atoms with Gasteiger partial charge in [0.1, 0.15) is 0 Å². The molecule has 0 saturated heterocycles. The second-order valence-corrected chi connectivity index (χ2v) is 6.17. The molecular formula is C20H23N5. The highest BCUT2D eigenvalue weighted by Gasteiger charge is 2.09. The van der Waals surface area contributed by atoms with Crippen LogP contribution in [-0.4, -0.2) is 15.7 Å². The first-order chi connectivity index (χ1) is 12.0. The Morgan fingerprint density at radius 1 is 1.12 bits per heavy atom. The Balaban J connectivity index is 1.76. The number of anilines is 1. The minimum absolute atomic E-state index is 0.395. The summed E-state index contributed by atoms with van der Waals surface area (Å²) in [6, 6.07) is 16.2. The van der Waals surface area contributed by atoms with Gasteiger partial charge in [-0.3, -0.25) is 4.68 Å². The van der Waals surface area contributed by atoms with Crippen LogP contribution in [0.4, 0.5) is 5.69 Å². The molecule has 0 radical (unpaired) electrons. The number of hydrogen-bond acceptors (Lipinski definition) is 2. The van der Waals surface area contributed by atoms with Gasteiger partial charge in [-0.05, 0) is 37.1 Å². The highest BCUT2D eigenvalue weighted by molar-refractivity contribution is 5.92. The molecule has 0 saturated carbocycles. The van der Waals surface area contributed by atoms with Crippen molar-refractivity contribution in [3.05, 3.63) is 71.4 Å². The predicted octanol–water partition coefficient (Wildman–Crippen LogP) is 3.63. The SMILES string of the molecule is Cc1ccc(NC(N)=NCc2cn(C)nc2-c2ccccc2)cc1C. The third-order valence-electron chi connectivity index (χ3n) is 4.15. The summed E-state index contributed by atoms with van der Waals surface area (Å²) in [5, 5.41) is 7.70. The van der Waals surface area contributed by atoms with E-state index < -0.39 is 0 Å². The summed E-state index contributed by atoms with van der Waals surface area (Å²) in [7, 11) is 1.91. The van der Waals surface area contributed by atoms with Crippen LogP contribution in [0.5, 0.6) is 0 Å². The van der Waals surface area contributed by atoms with Crippen LogP contribution in [0.1, 0.15) is 16.7 Å². The van der Waals surface area contributed by atoms with Crippen LogP contribution in [0, 0.1) is 13.8 Å². The van der Waals surface area contributed by atoms with Crippen LogP contribution >= 0.6 is 0 Å². The summed E-state index contributed by atoms with van der Waals surface area (Å²) in [5.41, 5.74) is 12.5. The molecule has 25 heavy (non-hydrogen) atoms. The van der Waals surface area contributed by atoms with Gasteiger partial charge < -0.3 is 11.1 Å². The molecule has 0 unspecified atom stereocenters. The highest BCUT2D eigenvalue weighted by Crippen LogP contribution is 2.22. The normalized spacial score (nSPS) is 11.6. The zero-order valence-electron chi connectivity index (χ0n) is 14.8. The second-order valence-electron chi connectivity index (χ2n) is 6.17. The summed E-state index contributed by atoms with van der Waals surface area (Å²) < 4.78 is 1.81. The lowest BCUT2D eigenvalue weighted by atomic mass is 10.1. The maximum Gasteiger partial charge on any atom is 0.193 e. The number of nitrogens with zero attached hydrogens (tertiary/aromatic N) is 3. The third-order valence-corrected chi connectivity index (χ3v) is 4.15. The van der Waals surface area contributed by atoms with E-state index in [1.165, 1.54) is 11.1 Å². The van der Waals surface area contributed by atoms with Crippen molar-refractivity contribution in [2.75, 3.05) is 5.32 Å². The van der Waals surface area contributed by atoms with Crippen LogP contribution in [-0.2, 0) is 13.6 Å². The average Bonchev–Trinajstić information content (AvgIpc) is 2.98. The standard InChI is InChI=1S/C20H23N5/c1-14-9-10-18(11-15(14)2)23-20(21)22-12-17-13-25(3)24-19(17)16-7-5-4-6-8-16/h4-11,13H,12H2,1-3H3,(H3,21,22,23). The number of aliphatic imine (C=N–C) groups is 1. The molecule has 0 spiro atoms. The van der Waals surface area contributed by atoms with E-state index in [0.29, 0.717) is 12.5 Å². The molecule has 0 aliphatic carbocycles. The van der Waals surface area contributed by atoms with Crippen LogP contribution in [0.25, 0.3) is 11.3 Å². The molecule has 3 aromatic rings. The average molecular weight is 333 g/mol. The first-order valence-corrected chi connectivity index (χ1v) is 8.25. The van der Waals surface area contributed by atoms with E-state index in [1.54, 1.807) is 4.68 Å². The molecule has 5 heteroatoms. The molecule has 0 atom stereocenters. The molecule has 1 aromatic heterocycles. The fourth-order valence-corrected chi connectivity index (χ4v) is 2.67. The molecule has 3 N–H and O–H groups in total. The zero-order chi connectivity index (χ0) is 17.8. The van der Waals surface area contributed by atoms with Gasteiger partial charge >= 0.3 is 0 Å². The minimum atomic E-state index is 0.395. The van der Waals surface area contributed by atoms with Crippen molar-refractivity contribution in [2.24, 2.45) is 17.8 Å². The first kappa shape index (κ1) is 16.8. The molecule has 5 nitrogen and oxygen atoms in total. The molecule has 1 heterocycles. The van der Waals surface area contributed by atoms with Gasteiger partial charge in [0, 0.05) is 30.1 Å². The summed E-state index contributed by atoms with van der Waals surface area (Å²) in [4.78, 5) is 4.47. The quantitative estimate of drug-likeness (QED) is 0.566. The lowest BCUT2D eigenvalue weighted by Crippen LogP contribution is -2.22. The molecule has 0 aliphatic heterocycles. The number of guanidine groups is 1. The fraction of sp³-hybridized carbons (Fsp3) is 0.200. The Bertz CT molecular complexity index is 894. The number of rotatable bonds is 4. The van der Waals surface area contributed by atoms with Gasteiger partial charge in [0.2, 0.25) is 0 Å². The molecule has 0 bridgehead atoms. The topological polar surface area (TPSA) is 68.2 Å². The minimum Gasteiger partial charge on any atom is -0.370 e. The second kappa shape index (κ2) is 7.21. The molecule has 0 aliphatic rings. The van der Waals surface area contributed by atoms with E-state index in [0.717, 1.165) is 22.5 Å². The van der Waals surface area contributed by atoms with E-state index in [4.69, 9.17) is 5.73 Å². The number of aryl methyl sites for hydroxylation is 3. The summed E-state index contributed by atoms with van der Waals surface area (Å²) in [6.07, 6.45) is 1.98. The van der Waals surface area contributed by atoms with Crippen molar-refractivity contribution in [3.63, 3.8) is 0 Å². The Labute approximate surface area is 148 Å². The van der Waals surface area contributed by atoms with Gasteiger partial charge in [-0.1, -0.05) is 36.4 Å². The van der Waals surface area contributed by atoms with E-state index >= 15 is 0 Å². The molecule has 3 rings (SSSR count). The Hall–Kier alpha value is -3.08. The maximum atomic E-state index is 6.05. The fourth-order valence-electron chi connectivity index (χ4n) is 2.67. The van der Waals surface area contributed by atoms with Crippen LogP contribution in [0.15, 0.2) is 59.7 Å². The highest BCUT2D eigenvalue weighted by atomic mass is 15.3. The van der Waals surface area contributed by atoms with E-state index in [2.05, 4.69) is 41.4 Å². The van der Waals surface area contributed by atoms with Gasteiger partial charge in [-0.2, -0.15) is 5.10 Å². The number of nitrogens with one attached hydrogen (secondary N) is 1. The van der Waals surface area contributed by atoms with Gasteiger partial charge in [-0.15, -0.1) is 0 Å². The van der Waals surface area contributed by atoms with Gasteiger partial charge in [0.25, 0.3) is 0 Å². The zero-order valence-corrected chi connectivity index (χ0v) is 14.8. The lowest BCUT2D eigenvalue weighted by Gasteiger charge is -2.08. The van der Waals surface area contributed by atoms with Crippen LogP contribution in [0.3, 0.4) is 0 Å². The van der Waals surface area contributed by atoms with Crippen LogP contribution < -0.4 is 11.1 Å². The first-order valence-electron chi connectivity index (χ1n) is 8.25. The monoisotopic (exact) mass is 333 g/mol. The van der Waals surface area contributed by atoms with Crippen molar-refractivity contribution in [1.29, 1.82) is 0 Å². The summed E-state index contributed by atoms with van der Waals surface area (Å²) >= 11 is 0. The number of aromatic nitrogens is 2. The number of benzene rings is 2. The molecule has 0 fully saturated rings. The van der Waals surface area contributed by atoms with Gasteiger partial charge in [0.05, 0.1) is 12.2 Å². The van der Waals surface area contributed by atoms with Gasteiger partial charge in [-0.25, -0.2) is 4.99 Å². The van der Waals surface area contributed by atoms with Crippen molar-refractivity contribution >= 4 is 11.6 Å². The largest absolute Gasteiger partial charge is 0.370 e. The molecule has 0 amide bonds. The van der Waals surface area contributed by atoms with Crippen molar-refractivity contribution in [3.8, 4) is 11.3 Å². The maximum absolute atomic E-state index is 6.05. The predicted molar refractivity (Wildman–Crippen MR) is 104 cm³/mol. The number of hydrogen-bond donors (Lipinski definition) is 2. The van der Waals surface area contributed by atoms with Gasteiger partial charge in [0.15, 0.2) is 5.96 Å². The van der Waals surface area contributed by atoms with E-state index in [1.807, 2.05) is 49.6 Å². The van der Waals surface area contributed by atoms with Crippen molar-refractivity contribution < 1.29 is 0 Å². The number of nitrogens with two attached hydrogens (primary N) is 1. The van der Waals surface area contributed by atoms with Crippen molar-refractivity contribution in [2.45, 2.75) is 20.4 Å². The third kappa shape index (κ3) is 4.07. The smallest absolute Gasteiger partial charge is 0.193 e. The Morgan fingerprint density at radius 2 is 1.88 bits per heavy atom. The molecular weight excluding hydrogens is 310 g/mol. The summed E-state index contributed by atoms with van der Waals surface area (Å²) in [6.45, 7) is 4.64. The summed E-state index contributed by atoms with van der Waals surface area (Å²) in [5.74, 6) is 0.395. The van der Waals surface area contributed by atoms with Crippen molar-refractivity contribution in [1.82, 2.24) is 9.78 Å².